The molecule has 0 unspecified atom stereocenters. The van der Waals surface area contributed by atoms with E-state index in [1.807, 2.05) is 11.8 Å². The van der Waals surface area contributed by atoms with Crippen LogP contribution in [0.5, 0.6) is 0 Å². The summed E-state index contributed by atoms with van der Waals surface area (Å²) in [5.74, 6) is 1.05. The summed E-state index contributed by atoms with van der Waals surface area (Å²) in [6.45, 7) is 0.903. The Kier molecular flexibility index (Phi) is 3.12. The van der Waals surface area contributed by atoms with Crippen molar-refractivity contribution in [2.75, 3.05) is 5.32 Å². The normalized spacial score (nSPS) is 13.9. The van der Waals surface area contributed by atoms with E-state index >= 15 is 0 Å². The van der Waals surface area contributed by atoms with E-state index in [0.29, 0.717) is 0 Å². The van der Waals surface area contributed by atoms with Crippen LogP contribution in [-0.2, 0) is 12.3 Å². The highest BCUT2D eigenvalue weighted by Crippen LogP contribution is 2.35. The van der Waals surface area contributed by atoms with E-state index in [4.69, 9.17) is 0 Å². The third-order valence-electron chi connectivity index (χ3n) is 2.91. The summed E-state index contributed by atoms with van der Waals surface area (Å²) in [6, 6.07) is 15.1. The lowest BCUT2D eigenvalue weighted by atomic mass is 10.1. The molecule has 2 aromatic rings. The predicted molar refractivity (Wildman–Crippen MR) is 77.5 cm³/mol. The van der Waals surface area contributed by atoms with Crippen LogP contribution in [0, 0.1) is 0 Å². The van der Waals surface area contributed by atoms with Crippen molar-refractivity contribution in [1.29, 1.82) is 0 Å². The van der Waals surface area contributed by atoms with Crippen molar-refractivity contribution in [3.63, 3.8) is 0 Å². The van der Waals surface area contributed by atoms with Crippen molar-refractivity contribution < 1.29 is 0 Å². The average molecular weight is 306 g/mol. The maximum atomic E-state index is 3.52. The Labute approximate surface area is 114 Å². The third-order valence-corrected chi connectivity index (χ3v) is 4.53. The van der Waals surface area contributed by atoms with Gasteiger partial charge in [-0.3, -0.25) is 0 Å². The molecule has 0 saturated heterocycles. The topological polar surface area (TPSA) is 12.0 Å². The monoisotopic (exact) mass is 305 g/mol. The van der Waals surface area contributed by atoms with Gasteiger partial charge in [-0.2, -0.15) is 0 Å². The van der Waals surface area contributed by atoms with Crippen LogP contribution in [0.25, 0.3) is 0 Å². The van der Waals surface area contributed by atoms with E-state index in [1.165, 1.54) is 21.7 Å². The van der Waals surface area contributed by atoms with Crippen LogP contribution < -0.4 is 5.32 Å². The smallest absolute Gasteiger partial charge is 0.0492 e. The lowest BCUT2D eigenvalue weighted by molar-refractivity contribution is 1.09. The first-order chi connectivity index (χ1) is 8.33. The molecule has 0 saturated carbocycles. The summed E-state index contributed by atoms with van der Waals surface area (Å²) in [6.07, 6.45) is 0. The number of hydrogen-bond acceptors (Lipinski definition) is 2. The highest BCUT2D eigenvalue weighted by Gasteiger charge is 2.10. The van der Waals surface area contributed by atoms with Crippen LogP contribution >= 0.6 is 27.7 Å². The second-order valence-corrected chi connectivity index (χ2v) is 5.98. The van der Waals surface area contributed by atoms with Gasteiger partial charge in [0.2, 0.25) is 0 Å². The first-order valence-electron chi connectivity index (χ1n) is 5.56. The summed E-state index contributed by atoms with van der Waals surface area (Å²) < 4.78 is 1.12. The molecule has 0 amide bonds. The van der Waals surface area contributed by atoms with Crippen molar-refractivity contribution in [1.82, 2.24) is 0 Å². The minimum Gasteiger partial charge on any atom is -0.380 e. The zero-order chi connectivity index (χ0) is 11.7. The quantitative estimate of drug-likeness (QED) is 0.759. The molecule has 0 atom stereocenters. The SMILES string of the molecule is Brc1ccc2c(c1)NCc1ccccc1CS2. The first kappa shape index (κ1) is 11.2. The van der Waals surface area contributed by atoms with Crippen molar-refractivity contribution in [3.8, 4) is 0 Å². The number of rotatable bonds is 0. The lowest BCUT2D eigenvalue weighted by Crippen LogP contribution is -2.05. The Bertz CT molecular complexity index is 554. The molecule has 86 valence electrons. The molecule has 1 heterocycles. The fraction of sp³-hybridized carbons (Fsp3) is 0.143. The molecule has 1 N–H and O–H groups in total. The van der Waals surface area contributed by atoms with Crippen LogP contribution in [0.4, 0.5) is 5.69 Å². The number of benzene rings is 2. The number of fused-ring (bicyclic) bond motifs is 2. The number of anilines is 1. The molecule has 0 aliphatic carbocycles. The van der Waals surface area contributed by atoms with Crippen molar-refractivity contribution in [3.05, 3.63) is 58.1 Å². The third kappa shape index (κ3) is 2.35. The van der Waals surface area contributed by atoms with Gasteiger partial charge in [-0.1, -0.05) is 40.2 Å². The summed E-state index contributed by atoms with van der Waals surface area (Å²) >= 11 is 5.41. The van der Waals surface area contributed by atoms with Crippen LogP contribution in [0.15, 0.2) is 51.8 Å². The fourth-order valence-corrected chi connectivity index (χ4v) is 3.39. The Hall–Kier alpha value is -0.930. The summed E-state index contributed by atoms with van der Waals surface area (Å²) in [4.78, 5) is 1.32. The largest absolute Gasteiger partial charge is 0.380 e. The van der Waals surface area contributed by atoms with Crippen LogP contribution in [0.2, 0.25) is 0 Å². The van der Waals surface area contributed by atoms with Crippen molar-refractivity contribution in [2.45, 2.75) is 17.2 Å². The second kappa shape index (κ2) is 4.75. The minimum absolute atomic E-state index is 0.903. The van der Waals surface area contributed by atoms with Gasteiger partial charge < -0.3 is 5.32 Å². The van der Waals surface area contributed by atoms with Gasteiger partial charge in [0.05, 0.1) is 0 Å². The molecule has 17 heavy (non-hydrogen) atoms. The zero-order valence-corrected chi connectivity index (χ0v) is 11.6. The van der Waals surface area contributed by atoms with E-state index in [9.17, 15) is 0 Å². The van der Waals surface area contributed by atoms with Crippen LogP contribution in [-0.4, -0.2) is 0 Å². The van der Waals surface area contributed by atoms with Gasteiger partial charge in [0.25, 0.3) is 0 Å². The van der Waals surface area contributed by atoms with Gasteiger partial charge in [0, 0.05) is 27.4 Å². The van der Waals surface area contributed by atoms with E-state index < -0.39 is 0 Å². The van der Waals surface area contributed by atoms with Gasteiger partial charge in [-0.05, 0) is 29.3 Å². The number of thioether (sulfide) groups is 1. The number of halogens is 1. The molecule has 0 aromatic heterocycles. The van der Waals surface area contributed by atoms with Gasteiger partial charge in [0.15, 0.2) is 0 Å². The molecule has 1 nitrogen and oxygen atoms in total. The Balaban J connectivity index is 1.97. The highest BCUT2D eigenvalue weighted by molar-refractivity contribution is 9.10. The van der Waals surface area contributed by atoms with Crippen LogP contribution in [0.1, 0.15) is 11.1 Å². The Morgan fingerprint density at radius 2 is 1.88 bits per heavy atom. The first-order valence-corrected chi connectivity index (χ1v) is 7.34. The molecule has 1 aliphatic heterocycles. The van der Waals surface area contributed by atoms with Gasteiger partial charge in [0.1, 0.15) is 0 Å². The van der Waals surface area contributed by atoms with Crippen molar-refractivity contribution >= 4 is 33.4 Å². The average Bonchev–Trinajstić information content (AvgIpc) is 2.33. The highest BCUT2D eigenvalue weighted by atomic mass is 79.9. The van der Waals surface area contributed by atoms with Crippen LogP contribution in [0.3, 0.4) is 0 Å². The Morgan fingerprint density at radius 1 is 1.06 bits per heavy atom. The Morgan fingerprint density at radius 3 is 2.76 bits per heavy atom. The molecule has 0 radical (unpaired) electrons. The second-order valence-electron chi connectivity index (χ2n) is 4.05. The predicted octanol–water partition coefficient (Wildman–Crippen LogP) is 4.67. The molecule has 0 fully saturated rings. The zero-order valence-electron chi connectivity index (χ0n) is 9.24. The van der Waals surface area contributed by atoms with Gasteiger partial charge >= 0.3 is 0 Å². The molecular weight excluding hydrogens is 294 g/mol. The summed E-state index contributed by atoms with van der Waals surface area (Å²) in [5.41, 5.74) is 4.04. The standard InChI is InChI=1S/C14H12BrNS/c15-12-5-6-14-13(7-12)16-8-10-3-1-2-4-11(10)9-17-14/h1-7,16H,8-9H2. The maximum absolute atomic E-state index is 3.52. The molecular formula is C14H12BrNS. The summed E-state index contributed by atoms with van der Waals surface area (Å²) in [5, 5.41) is 3.51. The van der Waals surface area contributed by atoms with E-state index in [2.05, 4.69) is 63.7 Å². The van der Waals surface area contributed by atoms with E-state index in [-0.39, 0.29) is 0 Å². The number of nitrogens with one attached hydrogen (secondary N) is 1. The molecule has 0 spiro atoms. The van der Waals surface area contributed by atoms with E-state index in [1.54, 1.807) is 0 Å². The fourth-order valence-electron chi connectivity index (χ4n) is 1.98. The molecule has 3 rings (SSSR count). The van der Waals surface area contributed by atoms with Gasteiger partial charge in [-0.15, -0.1) is 11.8 Å². The number of hydrogen-bond donors (Lipinski definition) is 1. The molecule has 2 aromatic carbocycles. The van der Waals surface area contributed by atoms with Gasteiger partial charge in [-0.25, -0.2) is 0 Å². The van der Waals surface area contributed by atoms with E-state index in [0.717, 1.165) is 16.8 Å². The lowest BCUT2D eigenvalue weighted by Gasteiger charge is -2.18. The molecule has 1 aliphatic rings. The summed E-state index contributed by atoms with van der Waals surface area (Å²) in [7, 11) is 0. The molecule has 0 bridgehead atoms. The maximum Gasteiger partial charge on any atom is 0.0492 e. The minimum atomic E-state index is 0.903. The molecule has 3 heteroatoms. The van der Waals surface area contributed by atoms with Crippen molar-refractivity contribution in [2.24, 2.45) is 0 Å².